The molecule has 2 N–H and O–H groups in total. The number of aliphatic carboxylic acids is 1. The lowest BCUT2D eigenvalue weighted by molar-refractivity contribution is -0.132. The highest BCUT2D eigenvalue weighted by Gasteiger charge is 2.21. The van der Waals surface area contributed by atoms with Crippen LogP contribution in [0.15, 0.2) is 41.3 Å². The largest absolute Gasteiger partial charge is 0.496 e. The molecule has 7 nitrogen and oxygen atoms in total. The molecule has 1 amide bonds. The number of carbonyl (C=O) groups excluding carboxylic acids is 1. The van der Waals surface area contributed by atoms with Gasteiger partial charge in [-0.25, -0.2) is 9.78 Å². The normalized spacial score (nSPS) is 12.3. The summed E-state index contributed by atoms with van der Waals surface area (Å²) in [6.07, 6.45) is 10.8. The second-order valence-electron chi connectivity index (χ2n) is 10.0. The molecule has 1 unspecified atom stereocenters. The van der Waals surface area contributed by atoms with Crippen molar-refractivity contribution >= 4 is 57.6 Å². The number of anilines is 1. The van der Waals surface area contributed by atoms with Crippen LogP contribution in [0.25, 0.3) is 17.3 Å². The molecule has 0 spiro atoms. The first-order chi connectivity index (χ1) is 20.2. The van der Waals surface area contributed by atoms with Crippen molar-refractivity contribution in [2.24, 2.45) is 0 Å². The first-order valence-electron chi connectivity index (χ1n) is 14.1. The number of benzene rings is 2. The van der Waals surface area contributed by atoms with Gasteiger partial charge in [-0.15, -0.1) is 11.3 Å². The quantitative estimate of drug-likeness (QED) is 0.120. The molecule has 0 fully saturated rings. The highest BCUT2D eigenvalue weighted by Crippen LogP contribution is 2.40. The molecule has 2 aromatic carbocycles. The van der Waals surface area contributed by atoms with Gasteiger partial charge in [-0.3, -0.25) is 10.1 Å². The van der Waals surface area contributed by atoms with Crippen molar-refractivity contribution in [3.8, 4) is 17.0 Å². The lowest BCUT2D eigenvalue weighted by Crippen LogP contribution is -2.12. The minimum atomic E-state index is -1.09. The first-order valence-corrected chi connectivity index (χ1v) is 15.7. The van der Waals surface area contributed by atoms with Crippen molar-refractivity contribution in [1.82, 2.24) is 4.98 Å². The highest BCUT2D eigenvalue weighted by molar-refractivity contribution is 7.14. The van der Waals surface area contributed by atoms with Gasteiger partial charge in [0.25, 0.3) is 5.91 Å². The molecule has 3 aromatic rings. The number of hydrogen-bond donors (Lipinski definition) is 2. The second kappa shape index (κ2) is 16.7. The number of ether oxygens (including phenoxy) is 2. The molecule has 1 atom stereocenters. The van der Waals surface area contributed by atoms with Gasteiger partial charge in [0.05, 0.1) is 29.0 Å². The number of carboxylic acid groups (broad SMARTS) is 1. The average molecular weight is 634 g/mol. The van der Waals surface area contributed by atoms with Gasteiger partial charge in [-0.05, 0) is 37.6 Å². The van der Waals surface area contributed by atoms with E-state index < -0.39 is 11.9 Å². The van der Waals surface area contributed by atoms with E-state index in [1.807, 2.05) is 23.6 Å². The third-order valence-electron chi connectivity index (χ3n) is 6.99. The SMILES string of the molecule is CCCCCCCCCC(OC)c1cccc(-c2csc(NC(=O)c3cc(Cl)c(C=C(C)C(=O)O)c(Cl)c3)n2)c1OC. The Bertz CT molecular complexity index is 1380. The van der Waals surface area contributed by atoms with Crippen molar-refractivity contribution < 1.29 is 24.2 Å². The molecule has 1 aromatic heterocycles. The summed E-state index contributed by atoms with van der Waals surface area (Å²) in [5.41, 5.74) is 3.07. The zero-order chi connectivity index (χ0) is 30.6. The monoisotopic (exact) mass is 632 g/mol. The summed E-state index contributed by atoms with van der Waals surface area (Å²) < 4.78 is 11.7. The van der Waals surface area contributed by atoms with Crippen molar-refractivity contribution in [3.63, 3.8) is 0 Å². The predicted octanol–water partition coefficient (Wildman–Crippen LogP) is 9.69. The Kier molecular flexibility index (Phi) is 13.3. The number of para-hydroxylation sites is 1. The molecule has 226 valence electrons. The third-order valence-corrected chi connectivity index (χ3v) is 8.37. The Balaban J connectivity index is 1.74. The van der Waals surface area contributed by atoms with Crippen LogP contribution in [0, 0.1) is 0 Å². The van der Waals surface area contributed by atoms with Crippen LogP contribution in [-0.2, 0) is 9.53 Å². The van der Waals surface area contributed by atoms with Crippen molar-refractivity contribution in [2.45, 2.75) is 71.3 Å². The van der Waals surface area contributed by atoms with Gasteiger partial charge >= 0.3 is 5.97 Å². The minimum absolute atomic E-state index is 0.0699. The van der Waals surface area contributed by atoms with E-state index in [0.717, 1.165) is 24.0 Å². The van der Waals surface area contributed by atoms with Crippen LogP contribution in [0.2, 0.25) is 10.0 Å². The van der Waals surface area contributed by atoms with Gasteiger partial charge < -0.3 is 14.6 Å². The number of unbranched alkanes of at least 4 members (excludes halogenated alkanes) is 6. The van der Waals surface area contributed by atoms with E-state index in [0.29, 0.717) is 22.1 Å². The highest BCUT2D eigenvalue weighted by atomic mass is 35.5. The summed E-state index contributed by atoms with van der Waals surface area (Å²) in [6.45, 7) is 3.67. The predicted molar refractivity (Wildman–Crippen MR) is 172 cm³/mol. The fraction of sp³-hybridized carbons (Fsp3) is 0.406. The number of thiazole rings is 1. The fourth-order valence-corrected chi connectivity index (χ4v) is 5.98. The summed E-state index contributed by atoms with van der Waals surface area (Å²) in [6, 6.07) is 8.82. The Morgan fingerprint density at radius 1 is 1.07 bits per heavy atom. The zero-order valence-electron chi connectivity index (χ0n) is 24.5. The molecular weight excluding hydrogens is 595 g/mol. The van der Waals surface area contributed by atoms with Crippen LogP contribution in [-0.4, -0.2) is 36.2 Å². The van der Waals surface area contributed by atoms with Crippen LogP contribution in [0.1, 0.15) is 92.8 Å². The van der Waals surface area contributed by atoms with E-state index >= 15 is 0 Å². The molecule has 0 aliphatic carbocycles. The number of aromatic nitrogens is 1. The summed E-state index contributed by atoms with van der Waals surface area (Å²) in [5.74, 6) is -0.828. The van der Waals surface area contributed by atoms with Crippen molar-refractivity contribution in [1.29, 1.82) is 0 Å². The van der Waals surface area contributed by atoms with Crippen LogP contribution in [0.4, 0.5) is 5.13 Å². The zero-order valence-corrected chi connectivity index (χ0v) is 26.8. The molecule has 0 bridgehead atoms. The summed E-state index contributed by atoms with van der Waals surface area (Å²) in [7, 11) is 3.37. The Hall–Kier alpha value is -2.91. The number of rotatable bonds is 16. The average Bonchev–Trinajstić information content (AvgIpc) is 3.44. The molecule has 0 radical (unpaired) electrons. The standard InChI is InChI=1S/C32H38Cl2N2O5S/c1-5-6-7-8-9-10-11-15-28(40-3)23-14-12-13-22(29(23)41-4)27-19-42-32(35-27)36-30(37)21-17-25(33)24(26(34)18-21)16-20(2)31(38)39/h12-14,16-19,28H,5-11,15H2,1-4H3,(H,38,39)(H,35,36,37). The van der Waals surface area contributed by atoms with Gasteiger partial charge in [0.15, 0.2) is 5.13 Å². The lowest BCUT2D eigenvalue weighted by atomic mass is 9.98. The summed E-state index contributed by atoms with van der Waals surface area (Å²) in [4.78, 5) is 28.8. The van der Waals surface area contributed by atoms with E-state index in [2.05, 4.69) is 17.2 Å². The van der Waals surface area contributed by atoms with Crippen LogP contribution in [0.5, 0.6) is 5.75 Å². The Labute approximate surface area is 261 Å². The number of nitrogens with zero attached hydrogens (tertiary/aromatic N) is 1. The molecule has 0 saturated carbocycles. The number of hydrogen-bond acceptors (Lipinski definition) is 6. The molecular formula is C32H38Cl2N2O5S. The first kappa shape index (κ1) is 33.6. The topological polar surface area (TPSA) is 97.8 Å². The van der Waals surface area contributed by atoms with Gasteiger partial charge in [-0.1, -0.05) is 87.2 Å². The molecule has 0 aliphatic rings. The molecule has 42 heavy (non-hydrogen) atoms. The maximum absolute atomic E-state index is 13.0. The van der Waals surface area contributed by atoms with Gasteiger partial charge in [-0.2, -0.15) is 0 Å². The number of carboxylic acids is 1. The van der Waals surface area contributed by atoms with E-state index in [-0.39, 0.29) is 27.3 Å². The Morgan fingerprint density at radius 3 is 2.36 bits per heavy atom. The van der Waals surface area contributed by atoms with Crippen molar-refractivity contribution in [3.05, 3.63) is 68.0 Å². The van der Waals surface area contributed by atoms with E-state index in [9.17, 15) is 9.59 Å². The third kappa shape index (κ3) is 9.04. The number of amides is 1. The molecule has 10 heteroatoms. The van der Waals surface area contributed by atoms with E-state index in [1.165, 1.54) is 75.0 Å². The maximum Gasteiger partial charge on any atom is 0.331 e. The number of methoxy groups -OCH3 is 2. The van der Waals surface area contributed by atoms with Crippen LogP contribution < -0.4 is 10.1 Å². The number of nitrogens with one attached hydrogen (secondary N) is 1. The Morgan fingerprint density at radius 2 is 1.74 bits per heavy atom. The van der Waals surface area contributed by atoms with E-state index in [1.54, 1.807) is 14.2 Å². The molecule has 0 saturated heterocycles. The number of halogens is 2. The fourth-order valence-electron chi connectivity index (χ4n) is 4.68. The van der Waals surface area contributed by atoms with Gasteiger partial charge in [0.2, 0.25) is 0 Å². The lowest BCUT2D eigenvalue weighted by Gasteiger charge is -2.20. The van der Waals surface area contributed by atoms with Crippen molar-refractivity contribution in [2.75, 3.05) is 19.5 Å². The van der Waals surface area contributed by atoms with Gasteiger partial charge in [0, 0.05) is 40.3 Å². The number of carbonyl (C=O) groups is 2. The van der Waals surface area contributed by atoms with Crippen LogP contribution in [0.3, 0.4) is 0 Å². The van der Waals surface area contributed by atoms with Gasteiger partial charge in [0.1, 0.15) is 5.75 Å². The smallest absolute Gasteiger partial charge is 0.331 e. The summed E-state index contributed by atoms with van der Waals surface area (Å²) in [5, 5.41) is 14.5. The minimum Gasteiger partial charge on any atom is -0.496 e. The second-order valence-corrected chi connectivity index (χ2v) is 11.7. The molecule has 0 aliphatic heterocycles. The molecule has 1 heterocycles. The van der Waals surface area contributed by atoms with E-state index in [4.69, 9.17) is 37.8 Å². The van der Waals surface area contributed by atoms with Crippen LogP contribution >= 0.6 is 34.5 Å². The summed E-state index contributed by atoms with van der Waals surface area (Å²) >= 11 is 13.9. The molecule has 3 rings (SSSR count). The maximum atomic E-state index is 13.0.